The Kier molecular flexibility index (Phi) is 8.09. The van der Waals surface area contributed by atoms with E-state index in [2.05, 4.69) is 41.9 Å². The minimum absolute atomic E-state index is 0.0160. The molecule has 0 saturated heterocycles. The number of anilines is 3. The van der Waals surface area contributed by atoms with E-state index in [1.165, 1.54) is 17.3 Å². The van der Waals surface area contributed by atoms with Crippen molar-refractivity contribution in [3.63, 3.8) is 0 Å². The fourth-order valence-corrected chi connectivity index (χ4v) is 3.99. The first kappa shape index (κ1) is 22.8. The van der Waals surface area contributed by atoms with Crippen molar-refractivity contribution in [2.45, 2.75) is 36.8 Å². The first-order valence-electron chi connectivity index (χ1n) is 10.2. The summed E-state index contributed by atoms with van der Waals surface area (Å²) in [6.45, 7) is 6.22. The van der Waals surface area contributed by atoms with E-state index < -0.39 is 0 Å². The van der Waals surface area contributed by atoms with Gasteiger partial charge in [-0.15, -0.1) is 11.8 Å². The van der Waals surface area contributed by atoms with Crippen molar-refractivity contribution >= 4 is 52.1 Å². The quantitative estimate of drug-likeness (QED) is 0.275. The summed E-state index contributed by atoms with van der Waals surface area (Å²) in [4.78, 5) is 13.6. The second kappa shape index (κ2) is 11.0. The second-order valence-electron chi connectivity index (χ2n) is 7.50. The smallest absolute Gasteiger partial charge is 0.237 e. The molecule has 3 rings (SSSR count). The Bertz CT molecular complexity index is 1000. The van der Waals surface area contributed by atoms with Crippen molar-refractivity contribution in [3.8, 4) is 0 Å². The standard InChI is InChI=1S/C25H27N3OS2/c1-17(2)19-9-11-21(12-10-19)26-24(29)18(3)31-23-15-13-22(14-16-23)28-25(30)27-20-7-5-4-6-8-20/h4-18H,1-3H3,(H,26,29)(H2,27,28,30). The second-order valence-corrected chi connectivity index (χ2v) is 9.32. The van der Waals surface area contributed by atoms with Crippen LogP contribution in [0.25, 0.3) is 0 Å². The van der Waals surface area contributed by atoms with Gasteiger partial charge in [0.05, 0.1) is 5.25 Å². The summed E-state index contributed by atoms with van der Waals surface area (Å²) in [5.41, 5.74) is 3.90. The molecule has 3 N–H and O–H groups in total. The number of thiocarbonyl (C=S) groups is 1. The Morgan fingerprint density at radius 1 is 0.742 bits per heavy atom. The van der Waals surface area contributed by atoms with Gasteiger partial charge in [-0.1, -0.05) is 44.2 Å². The van der Waals surface area contributed by atoms with Crippen LogP contribution in [0.5, 0.6) is 0 Å². The number of benzene rings is 3. The number of para-hydroxylation sites is 1. The Morgan fingerprint density at radius 3 is 1.84 bits per heavy atom. The largest absolute Gasteiger partial charge is 0.332 e. The van der Waals surface area contributed by atoms with Crippen LogP contribution in [-0.4, -0.2) is 16.3 Å². The summed E-state index contributed by atoms with van der Waals surface area (Å²) in [6.07, 6.45) is 0. The molecule has 0 bridgehead atoms. The third-order valence-corrected chi connectivity index (χ3v) is 5.99. The number of rotatable bonds is 7. The summed E-state index contributed by atoms with van der Waals surface area (Å²) in [5.74, 6) is 0.456. The lowest BCUT2D eigenvalue weighted by molar-refractivity contribution is -0.115. The molecule has 160 valence electrons. The summed E-state index contributed by atoms with van der Waals surface area (Å²) in [6, 6.07) is 25.7. The van der Waals surface area contributed by atoms with Crippen LogP contribution >= 0.6 is 24.0 Å². The van der Waals surface area contributed by atoms with Crippen LogP contribution in [0.1, 0.15) is 32.3 Å². The fraction of sp³-hybridized carbons (Fsp3) is 0.200. The lowest BCUT2D eigenvalue weighted by Crippen LogP contribution is -2.22. The van der Waals surface area contributed by atoms with Gasteiger partial charge in [0.15, 0.2) is 5.11 Å². The maximum atomic E-state index is 12.6. The van der Waals surface area contributed by atoms with Gasteiger partial charge in [0.1, 0.15) is 0 Å². The van der Waals surface area contributed by atoms with Crippen LogP contribution in [0, 0.1) is 0 Å². The van der Waals surface area contributed by atoms with Gasteiger partial charge in [0.2, 0.25) is 5.91 Å². The fourth-order valence-electron chi connectivity index (χ4n) is 2.88. The van der Waals surface area contributed by atoms with Crippen LogP contribution in [-0.2, 0) is 4.79 Å². The summed E-state index contributed by atoms with van der Waals surface area (Å²) < 4.78 is 0. The molecule has 1 atom stereocenters. The third kappa shape index (κ3) is 7.12. The lowest BCUT2D eigenvalue weighted by atomic mass is 10.0. The van der Waals surface area contributed by atoms with Gasteiger partial charge in [0, 0.05) is 22.0 Å². The molecule has 0 fully saturated rings. The number of thioether (sulfide) groups is 1. The zero-order valence-corrected chi connectivity index (χ0v) is 19.5. The van der Waals surface area contributed by atoms with Crippen LogP contribution in [0.3, 0.4) is 0 Å². The molecular weight excluding hydrogens is 422 g/mol. The first-order chi connectivity index (χ1) is 14.9. The monoisotopic (exact) mass is 449 g/mol. The molecule has 4 nitrogen and oxygen atoms in total. The van der Waals surface area contributed by atoms with E-state index in [0.29, 0.717) is 11.0 Å². The number of carbonyl (C=O) groups excluding carboxylic acids is 1. The summed E-state index contributed by atoms with van der Waals surface area (Å²) >= 11 is 6.88. The van der Waals surface area contributed by atoms with Crippen LogP contribution in [0.15, 0.2) is 83.8 Å². The van der Waals surface area contributed by atoms with Crippen molar-refractivity contribution in [1.82, 2.24) is 0 Å². The highest BCUT2D eigenvalue weighted by atomic mass is 32.2. The van der Waals surface area contributed by atoms with Gasteiger partial charge < -0.3 is 16.0 Å². The van der Waals surface area contributed by atoms with E-state index in [1.54, 1.807) is 0 Å². The van der Waals surface area contributed by atoms with Crippen molar-refractivity contribution in [3.05, 3.63) is 84.4 Å². The maximum Gasteiger partial charge on any atom is 0.237 e. The topological polar surface area (TPSA) is 53.2 Å². The van der Waals surface area contributed by atoms with E-state index in [0.717, 1.165) is 22.0 Å². The van der Waals surface area contributed by atoms with Gasteiger partial charge in [-0.2, -0.15) is 0 Å². The lowest BCUT2D eigenvalue weighted by Gasteiger charge is -2.14. The Balaban J connectivity index is 1.50. The molecule has 0 radical (unpaired) electrons. The van der Waals surface area contributed by atoms with Crippen molar-refractivity contribution in [1.29, 1.82) is 0 Å². The molecule has 0 aliphatic rings. The molecule has 3 aromatic carbocycles. The zero-order chi connectivity index (χ0) is 22.2. The summed E-state index contributed by atoms with van der Waals surface area (Å²) in [5, 5.41) is 9.62. The first-order valence-corrected chi connectivity index (χ1v) is 11.5. The summed E-state index contributed by atoms with van der Waals surface area (Å²) in [7, 11) is 0. The molecule has 0 spiro atoms. The van der Waals surface area contributed by atoms with Crippen molar-refractivity contribution in [2.24, 2.45) is 0 Å². The predicted octanol–water partition coefficient (Wildman–Crippen LogP) is 6.74. The highest BCUT2D eigenvalue weighted by molar-refractivity contribution is 8.00. The molecule has 31 heavy (non-hydrogen) atoms. The molecule has 0 saturated carbocycles. The Labute approximate surface area is 193 Å². The van der Waals surface area contributed by atoms with Gasteiger partial charge in [0.25, 0.3) is 0 Å². The van der Waals surface area contributed by atoms with E-state index in [-0.39, 0.29) is 11.2 Å². The number of amides is 1. The van der Waals surface area contributed by atoms with E-state index in [1.807, 2.05) is 73.7 Å². The predicted molar refractivity (Wildman–Crippen MR) is 137 cm³/mol. The molecule has 6 heteroatoms. The number of nitrogens with one attached hydrogen (secondary N) is 3. The number of hydrogen-bond donors (Lipinski definition) is 3. The molecule has 3 aromatic rings. The van der Waals surface area contributed by atoms with Crippen molar-refractivity contribution in [2.75, 3.05) is 16.0 Å². The average molecular weight is 450 g/mol. The molecule has 1 unspecified atom stereocenters. The SMILES string of the molecule is CC(Sc1ccc(NC(=S)Nc2ccccc2)cc1)C(=O)Nc1ccc(C(C)C)cc1. The highest BCUT2D eigenvalue weighted by Crippen LogP contribution is 2.26. The minimum atomic E-state index is -0.218. The molecule has 0 aliphatic carbocycles. The van der Waals surface area contributed by atoms with Crippen molar-refractivity contribution < 1.29 is 4.79 Å². The van der Waals surface area contributed by atoms with Crippen LogP contribution in [0.4, 0.5) is 17.1 Å². The van der Waals surface area contributed by atoms with E-state index in [4.69, 9.17) is 12.2 Å². The van der Waals surface area contributed by atoms with Crippen LogP contribution in [0.2, 0.25) is 0 Å². The Morgan fingerprint density at radius 2 is 1.26 bits per heavy atom. The highest BCUT2D eigenvalue weighted by Gasteiger charge is 2.15. The van der Waals surface area contributed by atoms with E-state index >= 15 is 0 Å². The maximum absolute atomic E-state index is 12.6. The number of hydrogen-bond acceptors (Lipinski definition) is 3. The minimum Gasteiger partial charge on any atom is -0.332 e. The van der Waals surface area contributed by atoms with Gasteiger partial charge in [-0.05, 0) is 79.2 Å². The van der Waals surface area contributed by atoms with Gasteiger partial charge in [-0.3, -0.25) is 4.79 Å². The average Bonchev–Trinajstić information content (AvgIpc) is 2.76. The Hall–Kier alpha value is -2.83. The molecule has 0 aliphatic heterocycles. The van der Waals surface area contributed by atoms with Crippen LogP contribution < -0.4 is 16.0 Å². The third-order valence-electron chi connectivity index (χ3n) is 4.67. The zero-order valence-electron chi connectivity index (χ0n) is 17.9. The molecular formula is C25H27N3OS2. The molecule has 1 amide bonds. The molecule has 0 heterocycles. The normalized spacial score (nSPS) is 11.6. The van der Waals surface area contributed by atoms with Gasteiger partial charge >= 0.3 is 0 Å². The van der Waals surface area contributed by atoms with Gasteiger partial charge in [-0.25, -0.2) is 0 Å². The number of carbonyl (C=O) groups is 1. The molecule has 0 aromatic heterocycles. The van der Waals surface area contributed by atoms with E-state index in [9.17, 15) is 4.79 Å².